The molecule has 0 amide bonds. The van der Waals surface area contributed by atoms with Gasteiger partial charge in [0.15, 0.2) is 0 Å². The van der Waals surface area contributed by atoms with Gasteiger partial charge in [-0.1, -0.05) is 26.8 Å². The van der Waals surface area contributed by atoms with Crippen molar-refractivity contribution in [3.05, 3.63) is 53.3 Å². The highest BCUT2D eigenvalue weighted by atomic mass is 19.1. The van der Waals surface area contributed by atoms with Crippen LogP contribution < -0.4 is 4.74 Å². The van der Waals surface area contributed by atoms with Crippen molar-refractivity contribution in [3.8, 4) is 16.9 Å². The fourth-order valence-electron chi connectivity index (χ4n) is 3.16. The normalized spacial score (nSPS) is 12.6. The van der Waals surface area contributed by atoms with Crippen LogP contribution in [0.5, 0.6) is 5.75 Å². The highest BCUT2D eigenvalue weighted by Gasteiger charge is 2.32. The molecule has 2 rings (SSSR count). The summed E-state index contributed by atoms with van der Waals surface area (Å²) in [6, 6.07) is 9.69. The molecule has 0 spiro atoms. The molecule has 0 saturated heterocycles. The van der Waals surface area contributed by atoms with E-state index in [2.05, 4.69) is 20.8 Å². The van der Waals surface area contributed by atoms with E-state index in [9.17, 15) is 9.18 Å². The fraction of sp³-hybridized carbons (Fsp3) is 0.409. The standard InChI is InChI=1S/C22H27FO4/c1-7-22(2,3)20(26-5)18-12-14(21(24)27-6)8-10-16(18)17-13-15(25-4)9-11-19(17)23/h8-13,20H,7H2,1-6H3. The van der Waals surface area contributed by atoms with Gasteiger partial charge in [-0.25, -0.2) is 9.18 Å². The van der Waals surface area contributed by atoms with Crippen LogP contribution in [0.25, 0.3) is 11.1 Å². The highest BCUT2D eigenvalue weighted by molar-refractivity contribution is 5.90. The van der Waals surface area contributed by atoms with E-state index in [1.165, 1.54) is 20.3 Å². The third-order valence-electron chi connectivity index (χ3n) is 5.08. The van der Waals surface area contributed by atoms with Crippen molar-refractivity contribution in [2.75, 3.05) is 21.3 Å². The van der Waals surface area contributed by atoms with Crippen LogP contribution in [0.15, 0.2) is 36.4 Å². The Balaban J connectivity index is 2.76. The molecule has 4 nitrogen and oxygen atoms in total. The second kappa shape index (κ2) is 8.53. The summed E-state index contributed by atoms with van der Waals surface area (Å²) in [5.41, 5.74) is 1.96. The molecule has 2 aromatic rings. The van der Waals surface area contributed by atoms with Crippen molar-refractivity contribution < 1.29 is 23.4 Å². The number of ether oxygens (including phenoxy) is 3. The van der Waals surface area contributed by atoms with Gasteiger partial charge in [0.1, 0.15) is 11.6 Å². The number of benzene rings is 2. The van der Waals surface area contributed by atoms with Crippen molar-refractivity contribution in [3.63, 3.8) is 0 Å². The van der Waals surface area contributed by atoms with Gasteiger partial charge in [0.25, 0.3) is 0 Å². The third-order valence-corrected chi connectivity index (χ3v) is 5.08. The molecule has 0 aliphatic carbocycles. The Hall–Kier alpha value is -2.40. The van der Waals surface area contributed by atoms with Crippen LogP contribution in [-0.4, -0.2) is 27.3 Å². The van der Waals surface area contributed by atoms with E-state index in [1.54, 1.807) is 37.4 Å². The van der Waals surface area contributed by atoms with Gasteiger partial charge < -0.3 is 14.2 Å². The largest absolute Gasteiger partial charge is 0.497 e. The van der Waals surface area contributed by atoms with Gasteiger partial charge in [-0.2, -0.15) is 0 Å². The number of esters is 1. The summed E-state index contributed by atoms with van der Waals surface area (Å²) in [4.78, 5) is 12.1. The molecule has 1 atom stereocenters. The molecule has 0 N–H and O–H groups in total. The highest BCUT2D eigenvalue weighted by Crippen LogP contribution is 2.43. The van der Waals surface area contributed by atoms with Gasteiger partial charge in [-0.3, -0.25) is 0 Å². The van der Waals surface area contributed by atoms with E-state index in [4.69, 9.17) is 14.2 Å². The zero-order chi connectivity index (χ0) is 20.2. The monoisotopic (exact) mass is 374 g/mol. The lowest BCUT2D eigenvalue weighted by atomic mass is 9.77. The van der Waals surface area contributed by atoms with E-state index in [1.807, 2.05) is 0 Å². The summed E-state index contributed by atoms with van der Waals surface area (Å²) < 4.78 is 30.6. The first kappa shape index (κ1) is 20.9. The Morgan fingerprint density at radius 2 is 1.78 bits per heavy atom. The smallest absolute Gasteiger partial charge is 0.337 e. The molecule has 0 fully saturated rings. The number of carbonyl (C=O) groups is 1. The predicted octanol–water partition coefficient (Wildman–Crippen LogP) is 5.41. The van der Waals surface area contributed by atoms with Crippen LogP contribution in [0.3, 0.4) is 0 Å². The average molecular weight is 374 g/mol. The molecule has 5 heteroatoms. The van der Waals surface area contributed by atoms with Crippen molar-refractivity contribution in [1.82, 2.24) is 0 Å². The maximum absolute atomic E-state index is 14.7. The van der Waals surface area contributed by atoms with Gasteiger partial charge >= 0.3 is 5.97 Å². The molecule has 2 aromatic carbocycles. The van der Waals surface area contributed by atoms with Crippen LogP contribution >= 0.6 is 0 Å². The summed E-state index contributed by atoms with van der Waals surface area (Å²) in [6.07, 6.45) is 0.501. The van der Waals surface area contributed by atoms with Gasteiger partial charge in [-0.05, 0) is 53.3 Å². The fourth-order valence-corrected chi connectivity index (χ4v) is 3.16. The number of methoxy groups -OCH3 is 3. The SMILES string of the molecule is CCC(C)(C)C(OC)c1cc(C(=O)OC)ccc1-c1cc(OC)ccc1F. The maximum Gasteiger partial charge on any atom is 0.337 e. The zero-order valence-corrected chi connectivity index (χ0v) is 16.8. The molecule has 0 aromatic heterocycles. The van der Waals surface area contributed by atoms with Gasteiger partial charge in [0.05, 0.1) is 25.9 Å². The molecule has 0 radical (unpaired) electrons. The third kappa shape index (κ3) is 4.30. The van der Waals surface area contributed by atoms with Gasteiger partial charge in [0.2, 0.25) is 0 Å². The first-order valence-corrected chi connectivity index (χ1v) is 8.88. The molecule has 0 bridgehead atoms. The number of rotatable bonds is 7. The lowest BCUT2D eigenvalue weighted by Gasteiger charge is -2.34. The van der Waals surface area contributed by atoms with Crippen LogP contribution in [0.1, 0.15) is 49.2 Å². The van der Waals surface area contributed by atoms with E-state index < -0.39 is 5.97 Å². The van der Waals surface area contributed by atoms with Crippen LogP contribution in [0.2, 0.25) is 0 Å². The van der Waals surface area contributed by atoms with Crippen molar-refractivity contribution >= 4 is 5.97 Å². The lowest BCUT2D eigenvalue weighted by molar-refractivity contribution is 0.00322. The Morgan fingerprint density at radius 3 is 2.33 bits per heavy atom. The van der Waals surface area contributed by atoms with Crippen LogP contribution in [-0.2, 0) is 9.47 Å². The summed E-state index contributed by atoms with van der Waals surface area (Å²) >= 11 is 0. The topological polar surface area (TPSA) is 44.8 Å². The summed E-state index contributed by atoms with van der Waals surface area (Å²) in [7, 11) is 4.50. The quantitative estimate of drug-likeness (QED) is 0.608. The minimum atomic E-state index is -0.446. The Kier molecular flexibility index (Phi) is 6.60. The maximum atomic E-state index is 14.7. The number of halogens is 1. The van der Waals surface area contributed by atoms with Crippen molar-refractivity contribution in [1.29, 1.82) is 0 Å². The van der Waals surface area contributed by atoms with Crippen molar-refractivity contribution in [2.45, 2.75) is 33.3 Å². The molecule has 0 heterocycles. The van der Waals surface area contributed by atoms with E-state index in [0.717, 1.165) is 12.0 Å². The molecular weight excluding hydrogens is 347 g/mol. The predicted molar refractivity (Wildman–Crippen MR) is 104 cm³/mol. The Bertz CT molecular complexity index is 814. The number of hydrogen-bond acceptors (Lipinski definition) is 4. The molecule has 0 saturated carbocycles. The summed E-state index contributed by atoms with van der Waals surface area (Å²) in [5.74, 6) is -0.261. The minimum absolute atomic E-state index is 0.229. The van der Waals surface area contributed by atoms with Gasteiger partial charge in [0, 0.05) is 12.7 Å². The molecule has 0 aliphatic rings. The number of hydrogen-bond donors (Lipinski definition) is 0. The van der Waals surface area contributed by atoms with E-state index in [0.29, 0.717) is 22.4 Å². The summed E-state index contributed by atoms with van der Waals surface area (Å²) in [5, 5.41) is 0. The van der Waals surface area contributed by atoms with Crippen LogP contribution in [0.4, 0.5) is 4.39 Å². The lowest BCUT2D eigenvalue weighted by Crippen LogP contribution is -2.24. The average Bonchev–Trinajstić information content (AvgIpc) is 2.68. The molecule has 146 valence electrons. The molecule has 1 unspecified atom stereocenters. The first-order chi connectivity index (χ1) is 12.8. The minimum Gasteiger partial charge on any atom is -0.497 e. The zero-order valence-electron chi connectivity index (χ0n) is 16.8. The van der Waals surface area contributed by atoms with E-state index in [-0.39, 0.29) is 17.3 Å². The molecule has 27 heavy (non-hydrogen) atoms. The molecular formula is C22H27FO4. The second-order valence-corrected chi connectivity index (χ2v) is 7.10. The van der Waals surface area contributed by atoms with Gasteiger partial charge in [-0.15, -0.1) is 0 Å². The molecule has 0 aliphatic heterocycles. The second-order valence-electron chi connectivity index (χ2n) is 7.10. The first-order valence-electron chi connectivity index (χ1n) is 8.88. The Labute approximate surface area is 160 Å². The Morgan fingerprint density at radius 1 is 1.07 bits per heavy atom. The summed E-state index contributed by atoms with van der Waals surface area (Å²) in [6.45, 7) is 6.23. The van der Waals surface area contributed by atoms with Crippen molar-refractivity contribution in [2.24, 2.45) is 5.41 Å². The van der Waals surface area contributed by atoms with E-state index >= 15 is 0 Å². The number of carbonyl (C=O) groups excluding carboxylic acids is 1. The van der Waals surface area contributed by atoms with Crippen LogP contribution in [0, 0.1) is 11.2 Å².